The van der Waals surface area contributed by atoms with E-state index in [1.165, 1.54) is 23.9 Å². The molecule has 0 fully saturated rings. The fraction of sp³-hybridized carbons (Fsp3) is 0.333. The van der Waals surface area contributed by atoms with E-state index in [4.69, 9.17) is 4.74 Å². The molecular formula is C12H14N4O4. The maximum Gasteiger partial charge on any atom is 0.313 e. The summed E-state index contributed by atoms with van der Waals surface area (Å²) in [7, 11) is 1.37. The number of hydrogen-bond acceptors (Lipinski definition) is 6. The minimum Gasteiger partial charge on any atom is -0.490 e. The summed E-state index contributed by atoms with van der Waals surface area (Å²) in [5.41, 5.74) is 1.53. The van der Waals surface area contributed by atoms with Crippen LogP contribution in [0.15, 0.2) is 18.2 Å². The van der Waals surface area contributed by atoms with Crippen molar-refractivity contribution in [3.8, 4) is 11.4 Å². The van der Waals surface area contributed by atoms with E-state index in [0.717, 1.165) is 0 Å². The van der Waals surface area contributed by atoms with Crippen molar-refractivity contribution in [2.45, 2.75) is 20.0 Å². The number of nitro benzene ring substituents is 1. The summed E-state index contributed by atoms with van der Waals surface area (Å²) in [6.07, 6.45) is 0.600. The highest BCUT2D eigenvalue weighted by molar-refractivity contribution is 5.53. The van der Waals surface area contributed by atoms with Crippen LogP contribution in [0.3, 0.4) is 0 Å². The zero-order chi connectivity index (χ0) is 14.7. The van der Waals surface area contributed by atoms with E-state index in [1.807, 2.05) is 6.92 Å². The fourth-order valence-corrected chi connectivity index (χ4v) is 1.97. The second-order valence-corrected chi connectivity index (χ2v) is 4.02. The fourth-order valence-electron chi connectivity index (χ4n) is 1.97. The van der Waals surface area contributed by atoms with Gasteiger partial charge in [0.2, 0.25) is 0 Å². The quantitative estimate of drug-likeness (QED) is 0.652. The minimum absolute atomic E-state index is 0.145. The lowest BCUT2D eigenvalue weighted by Crippen LogP contribution is -2.04. The van der Waals surface area contributed by atoms with E-state index in [-0.39, 0.29) is 18.0 Å². The lowest BCUT2D eigenvalue weighted by atomic mass is 10.2. The lowest BCUT2D eigenvalue weighted by molar-refractivity contribution is -0.385. The first kappa shape index (κ1) is 13.9. The van der Waals surface area contributed by atoms with Crippen LogP contribution in [0.25, 0.3) is 5.69 Å². The van der Waals surface area contributed by atoms with Gasteiger partial charge in [0.05, 0.1) is 30.0 Å². The Morgan fingerprint density at radius 1 is 1.50 bits per heavy atom. The van der Waals surface area contributed by atoms with Gasteiger partial charge in [0.25, 0.3) is 0 Å². The monoisotopic (exact) mass is 278 g/mol. The summed E-state index contributed by atoms with van der Waals surface area (Å²) in [5, 5.41) is 28.0. The number of rotatable bonds is 5. The highest BCUT2D eigenvalue weighted by Gasteiger charge is 2.18. The number of methoxy groups -OCH3 is 1. The van der Waals surface area contributed by atoms with Gasteiger partial charge in [-0.3, -0.25) is 10.1 Å². The maximum absolute atomic E-state index is 11.0. The lowest BCUT2D eigenvalue weighted by Gasteiger charge is -2.07. The third-order valence-corrected chi connectivity index (χ3v) is 2.93. The molecule has 0 aliphatic rings. The molecule has 0 bridgehead atoms. The zero-order valence-corrected chi connectivity index (χ0v) is 11.1. The average Bonchev–Trinajstić information content (AvgIpc) is 2.89. The number of aliphatic hydroxyl groups is 1. The van der Waals surface area contributed by atoms with Crippen molar-refractivity contribution >= 4 is 5.69 Å². The number of aliphatic hydroxyl groups excluding tert-OH is 1. The molecule has 1 aromatic carbocycles. The van der Waals surface area contributed by atoms with Crippen LogP contribution < -0.4 is 4.74 Å². The van der Waals surface area contributed by atoms with Gasteiger partial charge in [-0.1, -0.05) is 12.1 Å². The van der Waals surface area contributed by atoms with Gasteiger partial charge in [0, 0.05) is 6.07 Å². The number of nitro groups is 1. The van der Waals surface area contributed by atoms with Crippen molar-refractivity contribution < 1.29 is 14.8 Å². The largest absolute Gasteiger partial charge is 0.490 e. The molecule has 8 heteroatoms. The second-order valence-electron chi connectivity index (χ2n) is 4.02. The highest BCUT2D eigenvalue weighted by Crippen LogP contribution is 2.29. The van der Waals surface area contributed by atoms with Crippen LogP contribution in [0.2, 0.25) is 0 Å². The van der Waals surface area contributed by atoms with Crippen LogP contribution in [0.4, 0.5) is 5.69 Å². The van der Waals surface area contributed by atoms with Gasteiger partial charge >= 0.3 is 5.69 Å². The van der Waals surface area contributed by atoms with Gasteiger partial charge in [0.1, 0.15) is 5.69 Å². The summed E-state index contributed by atoms with van der Waals surface area (Å²) in [5.74, 6) is 0.180. The first-order valence-electron chi connectivity index (χ1n) is 5.99. The topological polar surface area (TPSA) is 103 Å². The standard InChI is InChI=1S/C12H14N4O4/c1-3-10-9(7-17)13-14-15(10)8-4-5-12(20-2)11(6-8)16(18)19/h4-6,17H,3,7H2,1-2H3. The van der Waals surface area contributed by atoms with Crippen molar-refractivity contribution in [1.29, 1.82) is 0 Å². The number of nitrogens with zero attached hydrogens (tertiary/aromatic N) is 4. The number of aromatic nitrogens is 3. The average molecular weight is 278 g/mol. The molecule has 1 heterocycles. The normalized spacial score (nSPS) is 10.6. The van der Waals surface area contributed by atoms with Crippen molar-refractivity contribution in [3.63, 3.8) is 0 Å². The molecule has 0 amide bonds. The Balaban J connectivity index is 2.56. The van der Waals surface area contributed by atoms with E-state index >= 15 is 0 Å². The van der Waals surface area contributed by atoms with E-state index in [9.17, 15) is 15.2 Å². The Morgan fingerprint density at radius 3 is 2.80 bits per heavy atom. The summed E-state index contributed by atoms with van der Waals surface area (Å²) in [6.45, 7) is 1.67. The van der Waals surface area contributed by atoms with Gasteiger partial charge in [-0.2, -0.15) is 0 Å². The Morgan fingerprint density at radius 2 is 2.25 bits per heavy atom. The summed E-state index contributed by atoms with van der Waals surface area (Å²) < 4.78 is 6.44. The van der Waals surface area contributed by atoms with E-state index in [0.29, 0.717) is 23.5 Å². The summed E-state index contributed by atoms with van der Waals surface area (Å²) in [6, 6.07) is 4.53. The Kier molecular flexibility index (Phi) is 3.94. The third-order valence-electron chi connectivity index (χ3n) is 2.93. The zero-order valence-electron chi connectivity index (χ0n) is 11.1. The molecule has 0 saturated carbocycles. The van der Waals surface area contributed by atoms with E-state index in [1.54, 1.807) is 6.07 Å². The SMILES string of the molecule is CCc1c(CO)nnn1-c1ccc(OC)c([N+](=O)[O-])c1. The van der Waals surface area contributed by atoms with Crippen LogP contribution in [0.1, 0.15) is 18.3 Å². The van der Waals surface area contributed by atoms with Crippen LogP contribution in [0.5, 0.6) is 5.75 Å². The van der Waals surface area contributed by atoms with Gasteiger partial charge in [0.15, 0.2) is 5.75 Å². The molecule has 0 atom stereocenters. The summed E-state index contributed by atoms with van der Waals surface area (Å²) >= 11 is 0. The molecule has 1 aromatic heterocycles. The third kappa shape index (κ3) is 2.32. The molecule has 0 radical (unpaired) electrons. The van der Waals surface area contributed by atoms with Gasteiger partial charge in [-0.05, 0) is 18.6 Å². The number of hydrogen-bond donors (Lipinski definition) is 1. The van der Waals surface area contributed by atoms with Crippen molar-refractivity contribution in [2.24, 2.45) is 0 Å². The van der Waals surface area contributed by atoms with Crippen molar-refractivity contribution in [1.82, 2.24) is 15.0 Å². The van der Waals surface area contributed by atoms with E-state index < -0.39 is 4.92 Å². The second kappa shape index (κ2) is 5.66. The van der Waals surface area contributed by atoms with Crippen LogP contribution in [-0.4, -0.2) is 32.1 Å². The van der Waals surface area contributed by atoms with Crippen molar-refractivity contribution in [3.05, 3.63) is 39.7 Å². The van der Waals surface area contributed by atoms with Gasteiger partial charge < -0.3 is 9.84 Å². The van der Waals surface area contributed by atoms with Crippen molar-refractivity contribution in [2.75, 3.05) is 7.11 Å². The Hall–Kier alpha value is -2.48. The minimum atomic E-state index is -0.516. The number of benzene rings is 1. The molecule has 0 spiro atoms. The Bertz CT molecular complexity index is 638. The molecule has 0 aliphatic carbocycles. The predicted molar refractivity (Wildman–Crippen MR) is 69.9 cm³/mol. The highest BCUT2D eigenvalue weighted by atomic mass is 16.6. The molecule has 2 rings (SSSR count). The number of ether oxygens (including phenoxy) is 1. The molecular weight excluding hydrogens is 264 g/mol. The van der Waals surface area contributed by atoms with Crippen LogP contribution in [-0.2, 0) is 13.0 Å². The molecule has 0 aliphatic heterocycles. The molecule has 1 N–H and O–H groups in total. The first-order chi connectivity index (χ1) is 9.62. The van der Waals surface area contributed by atoms with Gasteiger partial charge in [-0.15, -0.1) is 5.10 Å². The predicted octanol–water partition coefficient (Wildman–Crippen LogP) is 1.24. The molecule has 0 saturated heterocycles. The molecule has 20 heavy (non-hydrogen) atoms. The molecule has 8 nitrogen and oxygen atoms in total. The van der Waals surface area contributed by atoms with Gasteiger partial charge in [-0.25, -0.2) is 4.68 Å². The van der Waals surface area contributed by atoms with Crippen LogP contribution >= 0.6 is 0 Å². The van der Waals surface area contributed by atoms with Crippen LogP contribution in [0, 0.1) is 10.1 Å². The first-order valence-corrected chi connectivity index (χ1v) is 5.99. The van der Waals surface area contributed by atoms with E-state index in [2.05, 4.69) is 10.3 Å². The molecule has 2 aromatic rings. The smallest absolute Gasteiger partial charge is 0.313 e. The Labute approximate surface area is 114 Å². The molecule has 0 unspecified atom stereocenters. The summed E-state index contributed by atoms with van der Waals surface area (Å²) in [4.78, 5) is 10.5. The maximum atomic E-state index is 11.0. The molecule has 106 valence electrons.